The first kappa shape index (κ1) is 16.0. The minimum absolute atomic E-state index is 0.0543. The fraction of sp³-hybridized carbons (Fsp3) is 0.0833. The van der Waals surface area contributed by atoms with E-state index in [1.165, 1.54) is 24.4 Å². The number of nitrogen functional groups attached to an aromatic ring is 1. The molecule has 0 unspecified atom stereocenters. The summed E-state index contributed by atoms with van der Waals surface area (Å²) in [4.78, 5) is 29.1. The van der Waals surface area contributed by atoms with Crippen molar-refractivity contribution in [1.29, 1.82) is 0 Å². The van der Waals surface area contributed by atoms with E-state index in [2.05, 4.69) is 9.97 Å². The number of hydrogen-bond acceptors (Lipinski definition) is 7. The Labute approximate surface area is 133 Å². The van der Waals surface area contributed by atoms with Crippen molar-refractivity contribution in [1.82, 2.24) is 9.97 Å². The van der Waals surface area contributed by atoms with Gasteiger partial charge in [0.05, 0.1) is 16.2 Å². The van der Waals surface area contributed by atoms with Crippen molar-refractivity contribution in [2.24, 2.45) is 0 Å². The zero-order valence-electron chi connectivity index (χ0n) is 10.9. The molecule has 0 aliphatic rings. The highest BCUT2D eigenvalue weighted by molar-refractivity contribution is 8.00. The SMILES string of the molecule is Nc1ncc(-c2cc(Cl)ccc2[N+](=O)[O-])c(SCC(=O)O)n1. The first-order valence-corrected chi connectivity index (χ1v) is 7.16. The minimum atomic E-state index is -1.05. The van der Waals surface area contributed by atoms with Crippen LogP contribution in [-0.4, -0.2) is 31.7 Å². The fourth-order valence-electron chi connectivity index (χ4n) is 1.69. The highest BCUT2D eigenvalue weighted by Gasteiger charge is 2.20. The second-order valence-electron chi connectivity index (χ2n) is 4.05. The average Bonchev–Trinajstić information content (AvgIpc) is 2.44. The molecule has 22 heavy (non-hydrogen) atoms. The van der Waals surface area contributed by atoms with E-state index in [-0.39, 0.29) is 28.0 Å². The molecule has 10 heteroatoms. The third kappa shape index (κ3) is 3.62. The summed E-state index contributed by atoms with van der Waals surface area (Å²) in [5.74, 6) is -1.37. The number of halogens is 1. The second-order valence-corrected chi connectivity index (χ2v) is 5.45. The molecule has 0 saturated heterocycles. The summed E-state index contributed by atoms with van der Waals surface area (Å²) in [6.45, 7) is 0. The summed E-state index contributed by atoms with van der Waals surface area (Å²) in [5.41, 5.74) is 5.81. The summed E-state index contributed by atoms with van der Waals surface area (Å²) in [5, 5.41) is 20.4. The summed E-state index contributed by atoms with van der Waals surface area (Å²) >= 11 is 6.79. The molecule has 8 nitrogen and oxygen atoms in total. The van der Waals surface area contributed by atoms with Gasteiger partial charge in [-0.25, -0.2) is 9.97 Å². The van der Waals surface area contributed by atoms with Gasteiger partial charge in [0.1, 0.15) is 5.03 Å². The normalized spacial score (nSPS) is 10.4. The number of aromatic nitrogens is 2. The molecular formula is C12H9ClN4O4S. The van der Waals surface area contributed by atoms with Gasteiger partial charge in [0.25, 0.3) is 5.69 Å². The number of nitro groups is 1. The number of carboxylic acid groups (broad SMARTS) is 1. The lowest BCUT2D eigenvalue weighted by Gasteiger charge is -2.09. The van der Waals surface area contributed by atoms with E-state index < -0.39 is 10.9 Å². The lowest BCUT2D eigenvalue weighted by atomic mass is 10.1. The van der Waals surface area contributed by atoms with Crippen LogP contribution in [0, 0.1) is 10.1 Å². The quantitative estimate of drug-likeness (QED) is 0.367. The Hall–Kier alpha value is -2.39. The second kappa shape index (κ2) is 6.58. The van der Waals surface area contributed by atoms with E-state index in [0.29, 0.717) is 10.6 Å². The zero-order valence-corrected chi connectivity index (χ0v) is 12.5. The number of thioether (sulfide) groups is 1. The molecule has 0 radical (unpaired) electrons. The summed E-state index contributed by atoms with van der Waals surface area (Å²) in [7, 11) is 0. The number of anilines is 1. The van der Waals surface area contributed by atoms with Crippen molar-refractivity contribution in [3.8, 4) is 11.1 Å². The van der Waals surface area contributed by atoms with Gasteiger partial charge in [-0.05, 0) is 12.1 Å². The maximum atomic E-state index is 11.1. The van der Waals surface area contributed by atoms with Gasteiger partial charge < -0.3 is 10.8 Å². The van der Waals surface area contributed by atoms with Gasteiger partial charge in [-0.3, -0.25) is 14.9 Å². The lowest BCUT2D eigenvalue weighted by molar-refractivity contribution is -0.384. The molecule has 0 aliphatic carbocycles. The predicted molar refractivity (Wildman–Crippen MR) is 81.9 cm³/mol. The van der Waals surface area contributed by atoms with E-state index in [1.54, 1.807) is 0 Å². The molecule has 114 valence electrons. The number of hydrogen-bond donors (Lipinski definition) is 2. The van der Waals surface area contributed by atoms with Gasteiger partial charge in [0.2, 0.25) is 5.95 Å². The molecule has 0 fully saturated rings. The number of benzene rings is 1. The topological polar surface area (TPSA) is 132 Å². The Morgan fingerprint density at radius 2 is 2.18 bits per heavy atom. The van der Waals surface area contributed by atoms with Crippen LogP contribution < -0.4 is 5.73 Å². The number of aliphatic carboxylic acids is 1. The standard InChI is InChI=1S/C12H9ClN4O4S/c13-6-1-2-9(17(20)21)7(3-6)8-4-15-12(14)16-11(8)22-5-10(18)19/h1-4H,5H2,(H,18,19)(H2,14,15,16). The van der Waals surface area contributed by atoms with Crippen molar-refractivity contribution in [2.45, 2.75) is 5.03 Å². The van der Waals surface area contributed by atoms with E-state index >= 15 is 0 Å². The van der Waals surface area contributed by atoms with Crippen LogP contribution in [0.25, 0.3) is 11.1 Å². The summed E-state index contributed by atoms with van der Waals surface area (Å²) < 4.78 is 0. The molecule has 0 spiro atoms. The Kier molecular flexibility index (Phi) is 4.78. The van der Waals surface area contributed by atoms with Gasteiger partial charge in [0, 0.05) is 22.8 Å². The van der Waals surface area contributed by atoms with E-state index in [4.69, 9.17) is 22.4 Å². The highest BCUT2D eigenvalue weighted by atomic mass is 35.5. The predicted octanol–water partition coefficient (Wildman–Crippen LogP) is 2.46. The van der Waals surface area contributed by atoms with Crippen molar-refractivity contribution in [3.05, 3.63) is 39.5 Å². The van der Waals surface area contributed by atoms with E-state index in [0.717, 1.165) is 11.8 Å². The number of nitrogens with two attached hydrogens (primary N) is 1. The smallest absolute Gasteiger partial charge is 0.313 e. The van der Waals surface area contributed by atoms with Crippen molar-refractivity contribution >= 4 is 41.0 Å². The van der Waals surface area contributed by atoms with Gasteiger partial charge >= 0.3 is 5.97 Å². The lowest BCUT2D eigenvalue weighted by Crippen LogP contribution is -2.03. The van der Waals surface area contributed by atoms with Gasteiger partial charge in [0.15, 0.2) is 0 Å². The molecule has 2 aromatic rings. The van der Waals surface area contributed by atoms with Crippen molar-refractivity contribution in [3.63, 3.8) is 0 Å². The summed E-state index contributed by atoms with van der Waals surface area (Å²) in [6.07, 6.45) is 1.31. The fourth-order valence-corrected chi connectivity index (χ4v) is 2.60. The van der Waals surface area contributed by atoms with Crippen LogP contribution in [0.3, 0.4) is 0 Å². The van der Waals surface area contributed by atoms with Crippen LogP contribution in [0.2, 0.25) is 5.02 Å². The Morgan fingerprint density at radius 3 is 2.82 bits per heavy atom. The molecule has 0 bridgehead atoms. The Morgan fingerprint density at radius 1 is 1.45 bits per heavy atom. The number of carboxylic acids is 1. The number of rotatable bonds is 5. The van der Waals surface area contributed by atoms with E-state index in [1.807, 2.05) is 0 Å². The Bertz CT molecular complexity index is 756. The summed E-state index contributed by atoms with van der Waals surface area (Å²) in [6, 6.07) is 4.06. The van der Waals surface area contributed by atoms with Crippen LogP contribution >= 0.6 is 23.4 Å². The minimum Gasteiger partial charge on any atom is -0.481 e. The zero-order chi connectivity index (χ0) is 16.3. The average molecular weight is 341 g/mol. The molecule has 0 atom stereocenters. The largest absolute Gasteiger partial charge is 0.481 e. The van der Waals surface area contributed by atoms with Gasteiger partial charge in [-0.2, -0.15) is 0 Å². The Balaban J connectivity index is 2.59. The van der Waals surface area contributed by atoms with Crippen molar-refractivity contribution < 1.29 is 14.8 Å². The first-order valence-electron chi connectivity index (χ1n) is 5.80. The molecular weight excluding hydrogens is 332 g/mol. The molecule has 0 saturated carbocycles. The third-order valence-electron chi connectivity index (χ3n) is 2.55. The maximum absolute atomic E-state index is 11.1. The number of nitrogens with zero attached hydrogens (tertiary/aromatic N) is 3. The van der Waals surface area contributed by atoms with Crippen LogP contribution in [-0.2, 0) is 4.79 Å². The van der Waals surface area contributed by atoms with Gasteiger partial charge in [-0.1, -0.05) is 23.4 Å². The monoisotopic (exact) mass is 340 g/mol. The molecule has 2 rings (SSSR count). The number of nitro benzene ring substituents is 1. The molecule has 1 aromatic heterocycles. The third-order valence-corrected chi connectivity index (χ3v) is 3.76. The first-order chi connectivity index (χ1) is 10.4. The number of carbonyl (C=O) groups is 1. The van der Waals surface area contributed by atoms with Crippen LogP contribution in [0.4, 0.5) is 11.6 Å². The van der Waals surface area contributed by atoms with Crippen LogP contribution in [0.15, 0.2) is 29.4 Å². The molecule has 1 aromatic carbocycles. The van der Waals surface area contributed by atoms with Crippen LogP contribution in [0.5, 0.6) is 0 Å². The highest BCUT2D eigenvalue weighted by Crippen LogP contribution is 2.37. The molecule has 1 heterocycles. The molecule has 0 amide bonds. The molecule has 0 aliphatic heterocycles. The molecule has 3 N–H and O–H groups in total. The van der Waals surface area contributed by atoms with Gasteiger partial charge in [-0.15, -0.1) is 0 Å². The van der Waals surface area contributed by atoms with E-state index in [9.17, 15) is 14.9 Å². The van der Waals surface area contributed by atoms with Crippen LogP contribution in [0.1, 0.15) is 0 Å². The maximum Gasteiger partial charge on any atom is 0.313 e. The van der Waals surface area contributed by atoms with Crippen molar-refractivity contribution in [2.75, 3.05) is 11.5 Å².